The Morgan fingerprint density at radius 2 is 1.65 bits per heavy atom. The molecule has 1 aromatic rings. The summed E-state index contributed by atoms with van der Waals surface area (Å²) in [5, 5.41) is 15.0. The molecule has 0 fully saturated rings. The van der Waals surface area contributed by atoms with E-state index in [1.165, 1.54) is 0 Å². The quantitative estimate of drug-likeness (QED) is 0.674. The van der Waals surface area contributed by atoms with Crippen molar-refractivity contribution in [2.45, 2.75) is 53.1 Å². The lowest BCUT2D eigenvalue weighted by molar-refractivity contribution is -0.136. The average Bonchev–Trinajstić information content (AvgIpc) is 2.51. The number of benzene rings is 1. The van der Waals surface area contributed by atoms with Crippen molar-refractivity contribution in [2.24, 2.45) is 5.92 Å². The Labute approximate surface area is 138 Å². The third-order valence-corrected chi connectivity index (χ3v) is 3.69. The predicted octanol–water partition coefficient (Wildman–Crippen LogP) is 2.27. The topological polar surface area (TPSA) is 78.4 Å². The number of amides is 2. The zero-order chi connectivity index (χ0) is 17.4. The lowest BCUT2D eigenvalue weighted by Gasteiger charge is -2.16. The third kappa shape index (κ3) is 6.02. The molecule has 0 bridgehead atoms. The van der Waals surface area contributed by atoms with Crippen molar-refractivity contribution >= 4 is 17.5 Å². The van der Waals surface area contributed by atoms with Gasteiger partial charge in [-0.2, -0.15) is 0 Å². The Kier molecular flexibility index (Phi) is 7.75. The summed E-state index contributed by atoms with van der Waals surface area (Å²) in [5.41, 5.74) is 2.73. The summed E-state index contributed by atoms with van der Waals surface area (Å²) in [4.78, 5) is 24.0. The smallest absolute Gasteiger partial charge is 0.313 e. The highest BCUT2D eigenvalue weighted by Gasteiger charge is 2.18. The summed E-state index contributed by atoms with van der Waals surface area (Å²) in [6, 6.07) is 5.84. The van der Waals surface area contributed by atoms with Gasteiger partial charge in [0.15, 0.2) is 0 Å². The second-order valence-electron chi connectivity index (χ2n) is 6.11. The number of rotatable bonds is 7. The van der Waals surface area contributed by atoms with Crippen LogP contribution in [0.3, 0.4) is 0 Å². The van der Waals surface area contributed by atoms with E-state index in [1.54, 1.807) is 0 Å². The van der Waals surface area contributed by atoms with Gasteiger partial charge in [-0.1, -0.05) is 45.9 Å². The van der Waals surface area contributed by atoms with Gasteiger partial charge in [0.05, 0.1) is 6.10 Å². The van der Waals surface area contributed by atoms with E-state index in [9.17, 15) is 14.7 Å². The maximum absolute atomic E-state index is 12.1. The van der Waals surface area contributed by atoms with Gasteiger partial charge >= 0.3 is 11.8 Å². The first-order valence-electron chi connectivity index (χ1n) is 8.26. The zero-order valence-corrected chi connectivity index (χ0v) is 14.5. The Morgan fingerprint density at radius 1 is 1.09 bits per heavy atom. The largest absolute Gasteiger partial charge is 0.391 e. The summed E-state index contributed by atoms with van der Waals surface area (Å²) >= 11 is 0. The van der Waals surface area contributed by atoms with E-state index in [2.05, 4.69) is 10.6 Å². The van der Waals surface area contributed by atoms with E-state index in [0.29, 0.717) is 12.3 Å². The molecule has 1 unspecified atom stereocenters. The zero-order valence-electron chi connectivity index (χ0n) is 14.5. The van der Waals surface area contributed by atoms with Crippen molar-refractivity contribution in [3.05, 3.63) is 29.3 Å². The molecule has 1 aromatic carbocycles. The number of carbonyl (C=O) groups is 2. The van der Waals surface area contributed by atoms with Gasteiger partial charge in [-0.15, -0.1) is 0 Å². The molecule has 128 valence electrons. The highest BCUT2D eigenvalue weighted by Crippen LogP contribution is 2.22. The first-order valence-corrected chi connectivity index (χ1v) is 8.26. The summed E-state index contributed by atoms with van der Waals surface area (Å²) < 4.78 is 0. The van der Waals surface area contributed by atoms with Crippen molar-refractivity contribution in [2.75, 3.05) is 11.9 Å². The van der Waals surface area contributed by atoms with Gasteiger partial charge in [0.2, 0.25) is 0 Å². The van der Waals surface area contributed by atoms with Crippen LogP contribution in [0, 0.1) is 5.92 Å². The fraction of sp³-hybridized carbons (Fsp3) is 0.556. The molecule has 3 N–H and O–H groups in total. The number of hydrogen-bond acceptors (Lipinski definition) is 3. The van der Waals surface area contributed by atoms with E-state index < -0.39 is 17.9 Å². The summed E-state index contributed by atoms with van der Waals surface area (Å²) in [6.45, 7) is 8.08. The third-order valence-electron chi connectivity index (χ3n) is 3.69. The number of anilines is 1. The number of carbonyl (C=O) groups excluding carboxylic acids is 2. The molecule has 0 aliphatic heterocycles. The molecule has 1 atom stereocenters. The molecule has 0 saturated carbocycles. The fourth-order valence-corrected chi connectivity index (χ4v) is 2.49. The second kappa shape index (κ2) is 9.30. The summed E-state index contributed by atoms with van der Waals surface area (Å²) in [7, 11) is 0. The normalized spacial score (nSPS) is 12.1. The van der Waals surface area contributed by atoms with Crippen molar-refractivity contribution in [1.29, 1.82) is 0 Å². The average molecular weight is 320 g/mol. The van der Waals surface area contributed by atoms with Gasteiger partial charge in [-0.3, -0.25) is 9.59 Å². The van der Waals surface area contributed by atoms with Gasteiger partial charge in [-0.25, -0.2) is 0 Å². The van der Waals surface area contributed by atoms with Crippen LogP contribution in [0.15, 0.2) is 18.2 Å². The van der Waals surface area contributed by atoms with Crippen LogP contribution in [-0.4, -0.2) is 29.6 Å². The maximum Gasteiger partial charge on any atom is 0.313 e. The minimum atomic E-state index is -0.722. The molecular weight excluding hydrogens is 292 g/mol. The van der Waals surface area contributed by atoms with Crippen LogP contribution in [0.5, 0.6) is 0 Å². The molecule has 0 heterocycles. The van der Waals surface area contributed by atoms with Crippen LogP contribution >= 0.6 is 0 Å². The molecule has 0 spiro atoms. The molecule has 5 nitrogen and oxygen atoms in total. The van der Waals surface area contributed by atoms with Crippen LogP contribution in [0.2, 0.25) is 0 Å². The first-order chi connectivity index (χ1) is 10.9. The Bertz CT molecular complexity index is 519. The van der Waals surface area contributed by atoms with E-state index in [-0.39, 0.29) is 6.54 Å². The van der Waals surface area contributed by atoms with E-state index in [1.807, 2.05) is 45.9 Å². The molecule has 1 rings (SSSR count). The van der Waals surface area contributed by atoms with Crippen LogP contribution in [-0.2, 0) is 22.4 Å². The van der Waals surface area contributed by atoms with Crippen molar-refractivity contribution in [1.82, 2.24) is 5.32 Å². The lowest BCUT2D eigenvalue weighted by atomic mass is 10.0. The molecule has 0 aromatic heterocycles. The number of aliphatic hydroxyl groups excluding tert-OH is 1. The van der Waals surface area contributed by atoms with E-state index in [0.717, 1.165) is 29.7 Å². The van der Waals surface area contributed by atoms with Crippen LogP contribution in [0.25, 0.3) is 0 Å². The van der Waals surface area contributed by atoms with Crippen molar-refractivity contribution in [3.8, 4) is 0 Å². The van der Waals surface area contributed by atoms with Crippen molar-refractivity contribution < 1.29 is 14.7 Å². The predicted molar refractivity (Wildman–Crippen MR) is 92.3 cm³/mol. The summed E-state index contributed by atoms with van der Waals surface area (Å²) in [5.74, 6) is -1.09. The Morgan fingerprint density at radius 3 is 2.13 bits per heavy atom. The molecule has 0 saturated heterocycles. The van der Waals surface area contributed by atoms with Crippen molar-refractivity contribution in [3.63, 3.8) is 0 Å². The highest BCUT2D eigenvalue weighted by molar-refractivity contribution is 6.39. The van der Waals surface area contributed by atoms with Gasteiger partial charge in [0.25, 0.3) is 0 Å². The van der Waals surface area contributed by atoms with Gasteiger partial charge in [-0.05, 0) is 36.3 Å². The fourth-order valence-electron chi connectivity index (χ4n) is 2.49. The Balaban J connectivity index is 2.67. The van der Waals surface area contributed by atoms with Crippen LogP contribution in [0.1, 0.15) is 45.2 Å². The number of para-hydroxylation sites is 1. The number of hydrogen-bond donors (Lipinski definition) is 3. The van der Waals surface area contributed by atoms with Gasteiger partial charge < -0.3 is 15.7 Å². The Hall–Kier alpha value is -1.88. The lowest BCUT2D eigenvalue weighted by Crippen LogP contribution is -2.40. The minimum Gasteiger partial charge on any atom is -0.391 e. The number of nitrogens with one attached hydrogen (secondary N) is 2. The van der Waals surface area contributed by atoms with Crippen LogP contribution < -0.4 is 10.6 Å². The molecule has 2 amide bonds. The molecule has 23 heavy (non-hydrogen) atoms. The van der Waals surface area contributed by atoms with Gasteiger partial charge in [0.1, 0.15) is 0 Å². The molecule has 0 radical (unpaired) electrons. The van der Waals surface area contributed by atoms with Crippen LogP contribution in [0.4, 0.5) is 5.69 Å². The molecule has 5 heteroatoms. The standard InChI is InChI=1S/C18H28N2O3/c1-5-13-8-7-9-14(6-2)16(13)20-18(23)17(22)19-11-15(21)10-12(3)4/h7-9,12,15,21H,5-6,10-11H2,1-4H3,(H,19,22)(H,20,23). The first kappa shape index (κ1) is 19.2. The minimum absolute atomic E-state index is 0.0838. The number of aliphatic hydroxyl groups is 1. The molecule has 0 aliphatic carbocycles. The van der Waals surface area contributed by atoms with E-state index in [4.69, 9.17) is 0 Å². The SMILES string of the molecule is CCc1cccc(CC)c1NC(=O)C(=O)NCC(O)CC(C)C. The monoisotopic (exact) mass is 320 g/mol. The van der Waals surface area contributed by atoms with E-state index >= 15 is 0 Å². The second-order valence-corrected chi connectivity index (χ2v) is 6.11. The summed E-state index contributed by atoms with van der Waals surface area (Å²) in [6.07, 6.45) is 1.50. The number of aryl methyl sites for hydroxylation is 2. The van der Waals surface area contributed by atoms with Gasteiger partial charge in [0, 0.05) is 12.2 Å². The molecular formula is C18H28N2O3. The maximum atomic E-state index is 12.1. The molecule has 0 aliphatic rings. The highest BCUT2D eigenvalue weighted by atomic mass is 16.3.